The molecule has 0 atom stereocenters. The van der Waals surface area contributed by atoms with Gasteiger partial charge in [-0.05, 0) is 32.0 Å². The largest absolute Gasteiger partial charge is 0.493 e. The number of hydrogen-bond acceptors (Lipinski definition) is 4. The third-order valence-corrected chi connectivity index (χ3v) is 3.04. The highest BCUT2D eigenvalue weighted by Crippen LogP contribution is 2.30. The van der Waals surface area contributed by atoms with Gasteiger partial charge < -0.3 is 14.8 Å². The van der Waals surface area contributed by atoms with Crippen molar-refractivity contribution in [2.24, 2.45) is 0 Å². The number of aryl methyl sites for hydroxylation is 1. The van der Waals surface area contributed by atoms with Crippen LogP contribution in [-0.4, -0.2) is 23.5 Å². The fourth-order valence-electron chi connectivity index (χ4n) is 2.04. The molecule has 0 spiro atoms. The maximum absolute atomic E-state index is 5.57. The topological polar surface area (TPSA) is 48.3 Å². The quantitative estimate of drug-likeness (QED) is 0.844. The van der Waals surface area contributed by atoms with Gasteiger partial charge in [0, 0.05) is 24.5 Å². The van der Waals surface area contributed by atoms with Crippen molar-refractivity contribution in [1.82, 2.24) is 9.78 Å². The van der Waals surface area contributed by atoms with Gasteiger partial charge in [-0.1, -0.05) is 0 Å². The summed E-state index contributed by atoms with van der Waals surface area (Å²) in [5, 5.41) is 7.63. The predicted octanol–water partition coefficient (Wildman–Crippen LogP) is 2.92. The van der Waals surface area contributed by atoms with E-state index < -0.39 is 0 Å². The summed E-state index contributed by atoms with van der Waals surface area (Å²) in [6.45, 7) is 6.25. The molecule has 0 saturated heterocycles. The molecular weight excluding hydrogens is 254 g/mol. The zero-order valence-electron chi connectivity index (χ0n) is 12.2. The van der Waals surface area contributed by atoms with Crippen LogP contribution in [-0.2, 0) is 13.1 Å². The minimum atomic E-state index is 0.614. The van der Waals surface area contributed by atoms with Crippen molar-refractivity contribution in [2.45, 2.75) is 26.9 Å². The van der Waals surface area contributed by atoms with Gasteiger partial charge in [-0.25, -0.2) is 0 Å². The Morgan fingerprint density at radius 2 is 2.05 bits per heavy atom. The second-order valence-electron chi connectivity index (χ2n) is 4.29. The molecule has 0 bridgehead atoms. The van der Waals surface area contributed by atoms with E-state index in [9.17, 15) is 0 Å². The summed E-state index contributed by atoms with van der Waals surface area (Å²) in [7, 11) is 1.64. The van der Waals surface area contributed by atoms with E-state index in [0.717, 1.165) is 36.0 Å². The normalized spacial score (nSPS) is 10.3. The molecule has 1 aromatic heterocycles. The molecule has 108 valence electrons. The molecule has 1 heterocycles. The lowest BCUT2D eigenvalue weighted by Gasteiger charge is -2.12. The van der Waals surface area contributed by atoms with Crippen LogP contribution in [0.5, 0.6) is 11.5 Å². The monoisotopic (exact) mass is 275 g/mol. The molecule has 0 saturated carbocycles. The Morgan fingerprint density at radius 3 is 2.75 bits per heavy atom. The van der Waals surface area contributed by atoms with Crippen LogP contribution >= 0.6 is 0 Å². The van der Waals surface area contributed by atoms with E-state index in [1.54, 1.807) is 7.11 Å². The molecule has 2 aromatic rings. The van der Waals surface area contributed by atoms with Gasteiger partial charge in [-0.15, -0.1) is 0 Å². The Hall–Kier alpha value is -2.17. The van der Waals surface area contributed by atoms with Crippen LogP contribution in [0.2, 0.25) is 0 Å². The van der Waals surface area contributed by atoms with Crippen molar-refractivity contribution in [3.8, 4) is 11.5 Å². The summed E-state index contributed by atoms with van der Waals surface area (Å²) in [6.07, 6.45) is 1.82. The maximum Gasteiger partial charge on any atom is 0.163 e. The molecule has 0 fully saturated rings. The number of methoxy groups -OCH3 is 1. The first-order valence-electron chi connectivity index (χ1n) is 6.83. The Morgan fingerprint density at radius 1 is 1.20 bits per heavy atom. The lowest BCUT2D eigenvalue weighted by Crippen LogP contribution is -2.08. The molecule has 1 N–H and O–H groups in total. The zero-order chi connectivity index (χ0) is 14.4. The third-order valence-electron chi connectivity index (χ3n) is 3.04. The first-order chi connectivity index (χ1) is 9.78. The molecule has 0 aliphatic carbocycles. The molecule has 1 aromatic carbocycles. The van der Waals surface area contributed by atoms with E-state index in [0.29, 0.717) is 6.61 Å². The number of benzene rings is 1. The van der Waals surface area contributed by atoms with Crippen molar-refractivity contribution in [1.29, 1.82) is 0 Å². The van der Waals surface area contributed by atoms with Crippen LogP contribution in [0.3, 0.4) is 0 Å². The number of nitrogens with zero attached hydrogens (tertiary/aromatic N) is 2. The SMILES string of the molecule is CCOc1cc(NCc2ccnn2CC)ccc1OC. The van der Waals surface area contributed by atoms with E-state index in [1.165, 1.54) is 0 Å². The van der Waals surface area contributed by atoms with Crippen LogP contribution in [0.4, 0.5) is 5.69 Å². The van der Waals surface area contributed by atoms with Crippen molar-refractivity contribution in [2.75, 3.05) is 19.0 Å². The number of rotatable bonds is 7. The van der Waals surface area contributed by atoms with Crippen molar-refractivity contribution in [3.05, 3.63) is 36.2 Å². The van der Waals surface area contributed by atoms with Gasteiger partial charge in [-0.2, -0.15) is 5.10 Å². The molecule has 5 heteroatoms. The van der Waals surface area contributed by atoms with E-state index in [4.69, 9.17) is 9.47 Å². The smallest absolute Gasteiger partial charge is 0.163 e. The van der Waals surface area contributed by atoms with Crippen LogP contribution < -0.4 is 14.8 Å². The Labute approximate surface area is 119 Å². The average molecular weight is 275 g/mol. The van der Waals surface area contributed by atoms with Crippen LogP contribution in [0.15, 0.2) is 30.5 Å². The summed E-state index contributed by atoms with van der Waals surface area (Å²) in [5.74, 6) is 1.50. The minimum absolute atomic E-state index is 0.614. The maximum atomic E-state index is 5.57. The number of anilines is 1. The first-order valence-corrected chi connectivity index (χ1v) is 6.83. The summed E-state index contributed by atoms with van der Waals surface area (Å²) >= 11 is 0. The van der Waals surface area contributed by atoms with Gasteiger partial charge in [0.1, 0.15) is 0 Å². The summed E-state index contributed by atoms with van der Waals surface area (Å²) in [6, 6.07) is 7.86. The average Bonchev–Trinajstić information content (AvgIpc) is 2.93. The predicted molar refractivity (Wildman–Crippen MR) is 79.4 cm³/mol. The highest BCUT2D eigenvalue weighted by atomic mass is 16.5. The molecule has 0 unspecified atom stereocenters. The van der Waals surface area contributed by atoms with Gasteiger partial charge >= 0.3 is 0 Å². The van der Waals surface area contributed by atoms with Crippen LogP contribution in [0, 0.1) is 0 Å². The summed E-state index contributed by atoms with van der Waals surface area (Å²) in [4.78, 5) is 0. The molecule has 0 radical (unpaired) electrons. The molecule has 5 nitrogen and oxygen atoms in total. The zero-order valence-corrected chi connectivity index (χ0v) is 12.2. The molecule has 20 heavy (non-hydrogen) atoms. The first kappa shape index (κ1) is 14.2. The second kappa shape index (κ2) is 6.84. The Bertz CT molecular complexity index is 552. The summed E-state index contributed by atoms with van der Waals surface area (Å²) in [5.41, 5.74) is 2.15. The van der Waals surface area contributed by atoms with Gasteiger partial charge in [0.05, 0.1) is 26.0 Å². The Balaban J connectivity index is 2.07. The van der Waals surface area contributed by atoms with Crippen LogP contribution in [0.25, 0.3) is 0 Å². The number of aromatic nitrogens is 2. The van der Waals surface area contributed by atoms with E-state index in [1.807, 2.05) is 42.1 Å². The number of nitrogens with one attached hydrogen (secondary N) is 1. The lowest BCUT2D eigenvalue weighted by atomic mass is 10.2. The Kier molecular flexibility index (Phi) is 4.87. The standard InChI is InChI=1S/C15H21N3O2/c1-4-18-13(8-9-17-18)11-16-12-6-7-14(19-3)15(10-12)20-5-2/h6-10,16H,4-5,11H2,1-3H3. The van der Waals surface area contributed by atoms with Gasteiger partial charge in [0.2, 0.25) is 0 Å². The summed E-state index contributed by atoms with van der Waals surface area (Å²) < 4.78 is 12.8. The highest BCUT2D eigenvalue weighted by Gasteiger charge is 2.06. The minimum Gasteiger partial charge on any atom is -0.493 e. The number of hydrogen-bond donors (Lipinski definition) is 1. The highest BCUT2D eigenvalue weighted by molar-refractivity contribution is 5.54. The fourth-order valence-corrected chi connectivity index (χ4v) is 2.04. The lowest BCUT2D eigenvalue weighted by molar-refractivity contribution is 0.311. The van der Waals surface area contributed by atoms with Crippen molar-refractivity contribution >= 4 is 5.69 Å². The van der Waals surface area contributed by atoms with E-state index >= 15 is 0 Å². The van der Waals surface area contributed by atoms with Crippen molar-refractivity contribution < 1.29 is 9.47 Å². The fraction of sp³-hybridized carbons (Fsp3) is 0.400. The molecular formula is C15H21N3O2. The van der Waals surface area contributed by atoms with Gasteiger partial charge in [0.15, 0.2) is 11.5 Å². The second-order valence-corrected chi connectivity index (χ2v) is 4.29. The van der Waals surface area contributed by atoms with Gasteiger partial charge in [-0.3, -0.25) is 4.68 Å². The van der Waals surface area contributed by atoms with E-state index in [2.05, 4.69) is 17.3 Å². The van der Waals surface area contributed by atoms with Gasteiger partial charge in [0.25, 0.3) is 0 Å². The molecule has 0 amide bonds. The van der Waals surface area contributed by atoms with Crippen LogP contribution in [0.1, 0.15) is 19.5 Å². The molecule has 0 aliphatic rings. The molecule has 2 rings (SSSR count). The third kappa shape index (κ3) is 3.23. The number of ether oxygens (including phenoxy) is 2. The van der Waals surface area contributed by atoms with E-state index in [-0.39, 0.29) is 0 Å². The van der Waals surface area contributed by atoms with Crippen molar-refractivity contribution in [3.63, 3.8) is 0 Å². The molecule has 0 aliphatic heterocycles.